The Morgan fingerprint density at radius 3 is 2.70 bits per heavy atom. The fourth-order valence-electron chi connectivity index (χ4n) is 1.64. The summed E-state index contributed by atoms with van der Waals surface area (Å²) in [6, 6.07) is 8.96. The maximum absolute atomic E-state index is 13.0. The third kappa shape index (κ3) is 3.19. The minimum absolute atomic E-state index is 0.310. The number of amides is 1. The van der Waals surface area contributed by atoms with Gasteiger partial charge in [-0.2, -0.15) is 0 Å². The molecule has 2 rings (SSSR count). The van der Waals surface area contributed by atoms with Gasteiger partial charge in [-0.1, -0.05) is 0 Å². The van der Waals surface area contributed by atoms with Crippen molar-refractivity contribution in [2.45, 2.75) is 0 Å². The topological polar surface area (TPSA) is 64.3 Å². The highest BCUT2D eigenvalue weighted by Gasteiger charge is 2.13. The van der Waals surface area contributed by atoms with Gasteiger partial charge in [-0.25, -0.2) is 4.39 Å². The molecule has 0 radical (unpaired) electrons. The van der Waals surface area contributed by atoms with Gasteiger partial charge < -0.3 is 15.8 Å². The zero-order valence-electron chi connectivity index (χ0n) is 10.6. The van der Waals surface area contributed by atoms with E-state index in [1.165, 1.54) is 25.3 Å². The summed E-state index contributed by atoms with van der Waals surface area (Å²) in [5.74, 6) is -0.183. The Labute approximate surface area is 129 Å². The Morgan fingerprint density at radius 2 is 2.05 bits per heavy atom. The van der Waals surface area contributed by atoms with Gasteiger partial charge in [-0.05, 0) is 59.0 Å². The van der Waals surface area contributed by atoms with Crippen molar-refractivity contribution in [3.8, 4) is 5.75 Å². The SMILES string of the molecule is COc1ccc(N)c(C(=O)Nc2ccc(F)cc2I)c1. The molecule has 0 heterocycles. The monoisotopic (exact) mass is 386 g/mol. The van der Waals surface area contributed by atoms with Crippen LogP contribution in [0, 0.1) is 9.39 Å². The number of nitrogens with two attached hydrogens (primary N) is 1. The highest BCUT2D eigenvalue weighted by Crippen LogP contribution is 2.23. The van der Waals surface area contributed by atoms with Crippen molar-refractivity contribution in [2.75, 3.05) is 18.2 Å². The summed E-state index contributed by atoms with van der Waals surface area (Å²) in [7, 11) is 1.51. The van der Waals surface area contributed by atoms with Crippen LogP contribution in [0.3, 0.4) is 0 Å². The first-order valence-corrected chi connectivity index (χ1v) is 6.79. The average molecular weight is 386 g/mol. The molecule has 0 aliphatic carbocycles. The molecule has 0 saturated heterocycles. The van der Waals surface area contributed by atoms with Crippen LogP contribution >= 0.6 is 22.6 Å². The van der Waals surface area contributed by atoms with E-state index in [9.17, 15) is 9.18 Å². The number of halogens is 2. The van der Waals surface area contributed by atoms with E-state index in [1.54, 1.807) is 18.2 Å². The van der Waals surface area contributed by atoms with Crippen LogP contribution in [-0.4, -0.2) is 13.0 Å². The smallest absolute Gasteiger partial charge is 0.257 e. The highest BCUT2D eigenvalue weighted by atomic mass is 127. The van der Waals surface area contributed by atoms with Gasteiger partial charge >= 0.3 is 0 Å². The van der Waals surface area contributed by atoms with Crippen LogP contribution in [0.15, 0.2) is 36.4 Å². The lowest BCUT2D eigenvalue weighted by atomic mass is 10.1. The minimum atomic E-state index is -0.370. The van der Waals surface area contributed by atoms with Crippen LogP contribution in [0.1, 0.15) is 10.4 Å². The van der Waals surface area contributed by atoms with Gasteiger partial charge in [0.25, 0.3) is 5.91 Å². The predicted molar refractivity (Wildman–Crippen MR) is 84.5 cm³/mol. The van der Waals surface area contributed by atoms with E-state index in [2.05, 4.69) is 5.32 Å². The van der Waals surface area contributed by atoms with Crippen molar-refractivity contribution >= 4 is 39.9 Å². The molecule has 2 aromatic carbocycles. The lowest BCUT2D eigenvalue weighted by molar-refractivity contribution is 0.102. The number of benzene rings is 2. The second-order valence-electron chi connectivity index (χ2n) is 4.03. The number of methoxy groups -OCH3 is 1. The molecule has 1 amide bonds. The highest BCUT2D eigenvalue weighted by molar-refractivity contribution is 14.1. The van der Waals surface area contributed by atoms with Crippen molar-refractivity contribution in [3.05, 3.63) is 51.3 Å². The molecular formula is C14H12FIN2O2. The molecule has 0 fully saturated rings. The molecule has 0 aliphatic rings. The van der Waals surface area contributed by atoms with E-state index in [-0.39, 0.29) is 11.7 Å². The van der Waals surface area contributed by atoms with Crippen LogP contribution in [0.4, 0.5) is 15.8 Å². The predicted octanol–water partition coefficient (Wildman–Crippen LogP) is 3.27. The first kappa shape index (κ1) is 14.6. The number of rotatable bonds is 3. The number of ether oxygens (including phenoxy) is 1. The van der Waals surface area contributed by atoms with Gasteiger partial charge in [0.05, 0.1) is 18.4 Å². The van der Waals surface area contributed by atoms with Crippen LogP contribution in [-0.2, 0) is 0 Å². The van der Waals surface area contributed by atoms with Crippen molar-refractivity contribution in [1.82, 2.24) is 0 Å². The fourth-order valence-corrected chi connectivity index (χ4v) is 2.25. The molecule has 6 heteroatoms. The maximum Gasteiger partial charge on any atom is 0.257 e. The van der Waals surface area contributed by atoms with Crippen LogP contribution in [0.2, 0.25) is 0 Å². The molecular weight excluding hydrogens is 374 g/mol. The molecule has 0 atom stereocenters. The van der Waals surface area contributed by atoms with Crippen molar-refractivity contribution < 1.29 is 13.9 Å². The Kier molecular flexibility index (Phi) is 4.43. The number of carbonyl (C=O) groups excluding carboxylic acids is 1. The summed E-state index contributed by atoms with van der Waals surface area (Å²) in [5.41, 5.74) is 6.97. The summed E-state index contributed by atoms with van der Waals surface area (Å²) in [5, 5.41) is 2.70. The summed E-state index contributed by atoms with van der Waals surface area (Å²) in [6.07, 6.45) is 0. The molecule has 0 aliphatic heterocycles. The molecule has 3 N–H and O–H groups in total. The first-order valence-electron chi connectivity index (χ1n) is 5.71. The lowest BCUT2D eigenvalue weighted by Gasteiger charge is -2.10. The Balaban J connectivity index is 2.28. The van der Waals surface area contributed by atoms with Gasteiger partial charge in [0.15, 0.2) is 0 Å². The molecule has 104 valence electrons. The number of hydrogen-bond donors (Lipinski definition) is 2. The van der Waals surface area contributed by atoms with Crippen molar-refractivity contribution in [1.29, 1.82) is 0 Å². The zero-order chi connectivity index (χ0) is 14.7. The van der Waals surface area contributed by atoms with Crippen molar-refractivity contribution in [2.24, 2.45) is 0 Å². The summed E-state index contributed by atoms with van der Waals surface area (Å²) in [6.45, 7) is 0. The molecule has 2 aromatic rings. The molecule has 4 nitrogen and oxygen atoms in total. The maximum atomic E-state index is 13.0. The summed E-state index contributed by atoms with van der Waals surface area (Å²) in [4.78, 5) is 12.2. The number of nitrogens with one attached hydrogen (secondary N) is 1. The Morgan fingerprint density at radius 1 is 1.30 bits per heavy atom. The van der Waals surface area contributed by atoms with E-state index in [0.717, 1.165) is 0 Å². The van der Waals surface area contributed by atoms with E-state index >= 15 is 0 Å². The third-order valence-corrected chi connectivity index (χ3v) is 3.58. The second-order valence-corrected chi connectivity index (χ2v) is 5.19. The van der Waals surface area contributed by atoms with Gasteiger partial charge in [0, 0.05) is 9.26 Å². The summed E-state index contributed by atoms with van der Waals surface area (Å²) < 4.78 is 18.7. The summed E-state index contributed by atoms with van der Waals surface area (Å²) >= 11 is 1.95. The quantitative estimate of drug-likeness (QED) is 0.629. The van der Waals surface area contributed by atoms with Crippen LogP contribution in [0.5, 0.6) is 5.75 Å². The standard InChI is InChI=1S/C14H12FIN2O2/c1-20-9-3-4-12(17)10(7-9)14(19)18-13-5-2-8(15)6-11(13)16/h2-7H,17H2,1H3,(H,18,19). The molecule has 0 bridgehead atoms. The third-order valence-electron chi connectivity index (χ3n) is 2.68. The van der Waals surface area contributed by atoms with E-state index in [1.807, 2.05) is 22.6 Å². The number of carbonyl (C=O) groups is 1. The molecule has 20 heavy (non-hydrogen) atoms. The van der Waals surface area contributed by atoms with Gasteiger partial charge in [0.1, 0.15) is 11.6 Å². The average Bonchev–Trinajstić information content (AvgIpc) is 2.42. The Bertz CT molecular complexity index is 662. The first-order chi connectivity index (χ1) is 9.51. The van der Waals surface area contributed by atoms with Gasteiger partial charge in [-0.15, -0.1) is 0 Å². The molecule has 0 aromatic heterocycles. The molecule has 0 unspecified atom stereocenters. The largest absolute Gasteiger partial charge is 0.497 e. The Hall–Kier alpha value is -1.83. The van der Waals surface area contributed by atoms with Crippen LogP contribution in [0.25, 0.3) is 0 Å². The minimum Gasteiger partial charge on any atom is -0.497 e. The number of hydrogen-bond acceptors (Lipinski definition) is 3. The normalized spacial score (nSPS) is 10.2. The zero-order valence-corrected chi connectivity index (χ0v) is 12.8. The van der Waals surface area contributed by atoms with E-state index in [0.29, 0.717) is 26.3 Å². The number of anilines is 2. The van der Waals surface area contributed by atoms with Crippen molar-refractivity contribution in [3.63, 3.8) is 0 Å². The molecule has 0 saturated carbocycles. The van der Waals surface area contributed by atoms with E-state index < -0.39 is 0 Å². The van der Waals surface area contributed by atoms with Crippen LogP contribution < -0.4 is 15.8 Å². The molecule has 0 spiro atoms. The lowest BCUT2D eigenvalue weighted by Crippen LogP contribution is -2.15. The second kappa shape index (κ2) is 6.08. The van der Waals surface area contributed by atoms with Gasteiger partial charge in [0.2, 0.25) is 0 Å². The fraction of sp³-hybridized carbons (Fsp3) is 0.0714. The number of nitrogen functional groups attached to an aromatic ring is 1. The van der Waals surface area contributed by atoms with Gasteiger partial charge in [-0.3, -0.25) is 4.79 Å². The van der Waals surface area contributed by atoms with E-state index in [4.69, 9.17) is 10.5 Å².